The summed E-state index contributed by atoms with van der Waals surface area (Å²) >= 11 is 0. The largest absolute Gasteiger partial charge is 0.423 e. The van der Waals surface area contributed by atoms with Crippen molar-refractivity contribution in [1.82, 2.24) is 0 Å². The van der Waals surface area contributed by atoms with Gasteiger partial charge in [-0.2, -0.15) is 0 Å². The number of benzene rings is 2. The molecule has 2 rings (SSSR count). The molecule has 21 heavy (non-hydrogen) atoms. The van der Waals surface area contributed by atoms with Crippen molar-refractivity contribution in [3.8, 4) is 5.75 Å². The van der Waals surface area contributed by atoms with Crippen LogP contribution in [0.3, 0.4) is 0 Å². The van der Waals surface area contributed by atoms with E-state index in [1.54, 1.807) is 54.6 Å². The molecule has 0 saturated heterocycles. The summed E-state index contributed by atoms with van der Waals surface area (Å²) in [6.45, 7) is 3.35. The zero-order valence-corrected chi connectivity index (χ0v) is 11.4. The fourth-order valence-electron chi connectivity index (χ4n) is 1.73. The van der Waals surface area contributed by atoms with Crippen molar-refractivity contribution in [1.29, 1.82) is 0 Å². The average molecular weight is 278 g/mol. The Hall–Kier alpha value is -2.94. The molecule has 0 aliphatic carbocycles. The van der Waals surface area contributed by atoms with E-state index in [4.69, 9.17) is 4.74 Å². The lowest BCUT2D eigenvalue weighted by Gasteiger charge is -2.04. The lowest BCUT2D eigenvalue weighted by atomic mass is 10.1. The maximum absolute atomic E-state index is 12.0. The number of rotatable bonds is 5. The monoisotopic (exact) mass is 278 g/mol. The average Bonchev–Trinajstić information content (AvgIpc) is 2.54. The molecular weight excluding hydrogens is 264 g/mol. The molecule has 0 aliphatic heterocycles. The third-order valence-electron chi connectivity index (χ3n) is 2.77. The number of hydrogen-bond acceptors (Lipinski definition) is 3. The zero-order chi connectivity index (χ0) is 15.1. The normalized spacial score (nSPS) is 10.3. The molecule has 0 aliphatic rings. The van der Waals surface area contributed by atoms with Crippen molar-refractivity contribution in [2.24, 2.45) is 0 Å². The predicted octanol–water partition coefficient (Wildman–Crippen LogP) is 3.67. The minimum absolute atomic E-state index is 0.111. The molecule has 2 aromatic carbocycles. The van der Waals surface area contributed by atoms with Gasteiger partial charge in [-0.1, -0.05) is 55.1 Å². The fraction of sp³-hybridized carbons (Fsp3) is 0. The second-order valence-electron chi connectivity index (χ2n) is 4.23. The number of carbonyl (C=O) groups excluding carboxylic acids is 2. The van der Waals surface area contributed by atoms with Crippen molar-refractivity contribution in [2.75, 3.05) is 0 Å². The number of para-hydroxylation sites is 1. The first-order valence-corrected chi connectivity index (χ1v) is 6.41. The summed E-state index contributed by atoms with van der Waals surface area (Å²) in [5, 5.41) is 0. The van der Waals surface area contributed by atoms with Gasteiger partial charge in [-0.25, -0.2) is 4.79 Å². The Bertz CT molecular complexity index is 685. The molecule has 0 saturated carbocycles. The predicted molar refractivity (Wildman–Crippen MR) is 82.1 cm³/mol. The van der Waals surface area contributed by atoms with Crippen LogP contribution >= 0.6 is 0 Å². The zero-order valence-electron chi connectivity index (χ0n) is 11.4. The second kappa shape index (κ2) is 7.01. The molecule has 0 bridgehead atoms. The standard InChI is InChI=1S/C18H14O3/c1-2-18(20)21-17-11-7-6-10-15(17)12-13-16(19)14-8-4-3-5-9-14/h2-13H,1H2/b13-12+. The van der Waals surface area contributed by atoms with Crippen LogP contribution in [0.4, 0.5) is 0 Å². The summed E-state index contributed by atoms with van der Waals surface area (Å²) in [6.07, 6.45) is 4.17. The van der Waals surface area contributed by atoms with Gasteiger partial charge >= 0.3 is 5.97 Å². The molecule has 0 amide bonds. The summed E-state index contributed by atoms with van der Waals surface area (Å²) in [7, 11) is 0. The number of hydrogen-bond donors (Lipinski definition) is 0. The van der Waals surface area contributed by atoms with Gasteiger partial charge in [0.15, 0.2) is 5.78 Å². The van der Waals surface area contributed by atoms with Gasteiger partial charge in [-0.15, -0.1) is 0 Å². The van der Waals surface area contributed by atoms with Crippen molar-refractivity contribution >= 4 is 17.8 Å². The SMILES string of the molecule is C=CC(=O)Oc1ccccc1/C=C/C(=O)c1ccccc1. The van der Waals surface area contributed by atoms with Crippen LogP contribution in [0.25, 0.3) is 6.08 Å². The first-order chi connectivity index (χ1) is 10.2. The minimum Gasteiger partial charge on any atom is -0.423 e. The Kier molecular flexibility index (Phi) is 4.83. The summed E-state index contributed by atoms with van der Waals surface area (Å²) in [5.41, 5.74) is 1.26. The van der Waals surface area contributed by atoms with E-state index in [1.165, 1.54) is 6.08 Å². The Morgan fingerprint density at radius 2 is 1.62 bits per heavy atom. The molecule has 0 fully saturated rings. The molecule has 3 heteroatoms. The van der Waals surface area contributed by atoms with E-state index in [0.717, 1.165) is 6.08 Å². The number of allylic oxidation sites excluding steroid dienone is 1. The number of ketones is 1. The summed E-state index contributed by atoms with van der Waals surface area (Å²) in [4.78, 5) is 23.3. The van der Waals surface area contributed by atoms with E-state index in [1.807, 2.05) is 6.07 Å². The van der Waals surface area contributed by atoms with Gasteiger partial charge in [0, 0.05) is 17.2 Å². The van der Waals surface area contributed by atoms with Crippen molar-refractivity contribution in [3.63, 3.8) is 0 Å². The highest BCUT2D eigenvalue weighted by molar-refractivity contribution is 6.06. The van der Waals surface area contributed by atoms with Gasteiger partial charge in [0.25, 0.3) is 0 Å². The van der Waals surface area contributed by atoms with E-state index < -0.39 is 5.97 Å². The lowest BCUT2D eigenvalue weighted by molar-refractivity contribution is -0.128. The number of esters is 1. The molecule has 0 unspecified atom stereocenters. The van der Waals surface area contributed by atoms with E-state index in [-0.39, 0.29) is 5.78 Å². The minimum atomic E-state index is -0.537. The third kappa shape index (κ3) is 4.01. The van der Waals surface area contributed by atoms with Crippen LogP contribution < -0.4 is 4.74 Å². The molecule has 0 spiro atoms. The number of ether oxygens (including phenoxy) is 1. The summed E-state index contributed by atoms with van der Waals surface area (Å²) in [5.74, 6) is -0.259. The van der Waals surface area contributed by atoms with Crippen LogP contribution in [0.5, 0.6) is 5.75 Å². The molecule has 0 heterocycles. The fourth-order valence-corrected chi connectivity index (χ4v) is 1.73. The Morgan fingerprint density at radius 1 is 0.952 bits per heavy atom. The second-order valence-corrected chi connectivity index (χ2v) is 4.23. The van der Waals surface area contributed by atoms with Gasteiger partial charge < -0.3 is 4.74 Å². The molecule has 3 nitrogen and oxygen atoms in total. The Labute approximate surface area is 123 Å². The van der Waals surface area contributed by atoms with Crippen LogP contribution in [0, 0.1) is 0 Å². The molecule has 0 atom stereocenters. The highest BCUT2D eigenvalue weighted by atomic mass is 16.5. The quantitative estimate of drug-likeness (QED) is 0.363. The molecule has 0 radical (unpaired) electrons. The highest BCUT2D eigenvalue weighted by Crippen LogP contribution is 2.20. The number of carbonyl (C=O) groups is 2. The first-order valence-electron chi connectivity index (χ1n) is 6.41. The maximum Gasteiger partial charge on any atom is 0.335 e. The van der Waals surface area contributed by atoms with Crippen LogP contribution in [-0.4, -0.2) is 11.8 Å². The summed E-state index contributed by atoms with van der Waals surface area (Å²) in [6, 6.07) is 15.9. The Balaban J connectivity index is 2.19. The van der Waals surface area contributed by atoms with Crippen LogP contribution in [0.1, 0.15) is 15.9 Å². The van der Waals surface area contributed by atoms with E-state index in [0.29, 0.717) is 16.9 Å². The smallest absolute Gasteiger partial charge is 0.335 e. The maximum atomic E-state index is 12.0. The van der Waals surface area contributed by atoms with Gasteiger partial charge in [0.1, 0.15) is 5.75 Å². The summed E-state index contributed by atoms with van der Waals surface area (Å²) < 4.78 is 5.11. The molecule has 0 N–H and O–H groups in total. The molecule has 104 valence electrons. The first kappa shape index (κ1) is 14.5. The van der Waals surface area contributed by atoms with Gasteiger partial charge in [0.05, 0.1) is 0 Å². The van der Waals surface area contributed by atoms with Crippen LogP contribution in [0.2, 0.25) is 0 Å². The van der Waals surface area contributed by atoms with Gasteiger partial charge in [-0.3, -0.25) is 4.79 Å². The van der Waals surface area contributed by atoms with Crippen molar-refractivity contribution in [2.45, 2.75) is 0 Å². The van der Waals surface area contributed by atoms with Crippen molar-refractivity contribution in [3.05, 3.63) is 84.5 Å². The van der Waals surface area contributed by atoms with E-state index in [9.17, 15) is 9.59 Å². The van der Waals surface area contributed by atoms with Crippen LogP contribution in [0.15, 0.2) is 73.3 Å². The lowest BCUT2D eigenvalue weighted by Crippen LogP contribution is -2.04. The molecule has 0 aromatic heterocycles. The molecular formula is C18H14O3. The topological polar surface area (TPSA) is 43.4 Å². The Morgan fingerprint density at radius 3 is 2.33 bits per heavy atom. The molecule has 2 aromatic rings. The van der Waals surface area contributed by atoms with E-state index >= 15 is 0 Å². The van der Waals surface area contributed by atoms with Gasteiger partial charge in [-0.05, 0) is 18.2 Å². The van der Waals surface area contributed by atoms with Crippen LogP contribution in [-0.2, 0) is 4.79 Å². The van der Waals surface area contributed by atoms with E-state index in [2.05, 4.69) is 6.58 Å². The van der Waals surface area contributed by atoms with Crippen molar-refractivity contribution < 1.29 is 14.3 Å². The highest BCUT2D eigenvalue weighted by Gasteiger charge is 2.05. The third-order valence-corrected chi connectivity index (χ3v) is 2.77. The van der Waals surface area contributed by atoms with Gasteiger partial charge in [0.2, 0.25) is 0 Å².